The van der Waals surface area contributed by atoms with Gasteiger partial charge in [0.2, 0.25) is 0 Å². The average molecular weight is 457 g/mol. The van der Waals surface area contributed by atoms with Gasteiger partial charge in [-0.05, 0) is 24.3 Å². The lowest BCUT2D eigenvalue weighted by Gasteiger charge is -2.33. The van der Waals surface area contributed by atoms with Gasteiger partial charge < -0.3 is 9.88 Å². The predicted octanol–water partition coefficient (Wildman–Crippen LogP) is 3.01. The number of Topliss-reactive ketones (excluding diaryl/α,β-unsaturated/α-hetero) is 1. The fraction of sp³-hybridized carbons (Fsp3) is 0.250. The molecule has 1 aliphatic heterocycles. The summed E-state index contributed by atoms with van der Waals surface area (Å²) >= 11 is 0. The highest BCUT2D eigenvalue weighted by Gasteiger charge is 2.33. The second-order valence-corrected chi connectivity index (χ2v) is 8.21. The fourth-order valence-corrected chi connectivity index (χ4v) is 4.58. The van der Waals surface area contributed by atoms with Gasteiger partial charge in [0.1, 0.15) is 0 Å². The number of halogens is 1. The maximum absolute atomic E-state index is 14.7. The zero-order valence-electron chi connectivity index (χ0n) is 18.1. The molecule has 1 N–H and O–H groups in total. The second kappa shape index (κ2) is 8.86. The van der Waals surface area contributed by atoms with Crippen molar-refractivity contribution in [3.63, 3.8) is 0 Å². The highest BCUT2D eigenvalue weighted by Crippen LogP contribution is 2.33. The van der Waals surface area contributed by atoms with Gasteiger partial charge >= 0.3 is 0 Å². The molecule has 10 heteroatoms. The van der Waals surface area contributed by atoms with Gasteiger partial charge in [-0.3, -0.25) is 9.59 Å². The SMILES string of the molecule is N#CC(c1ccccc1)C1CCN(C(=O)C(=O)c2c[nH]c3c(-n4ccnn4)ncc(F)c23)CC1. The standard InChI is InChI=1S/C24H20FN7O2/c25-19-14-28-23(32-11-8-29-30-32)21-20(19)18(13-27-21)22(33)24(34)31-9-6-16(7-10-31)17(12-26)15-4-2-1-3-5-15/h1-5,8,11,13-14,16-17,27H,6-7,9-10H2. The molecule has 0 radical (unpaired) electrons. The Morgan fingerprint density at radius 2 is 1.97 bits per heavy atom. The fourth-order valence-electron chi connectivity index (χ4n) is 4.58. The molecule has 0 spiro atoms. The summed E-state index contributed by atoms with van der Waals surface area (Å²) in [5.74, 6) is -2.10. The molecular formula is C24H20FN7O2. The first-order valence-corrected chi connectivity index (χ1v) is 10.9. The summed E-state index contributed by atoms with van der Waals surface area (Å²) < 4.78 is 16.0. The van der Waals surface area contributed by atoms with E-state index in [1.165, 1.54) is 22.0 Å². The number of benzene rings is 1. The van der Waals surface area contributed by atoms with Gasteiger partial charge in [-0.2, -0.15) is 5.26 Å². The summed E-state index contributed by atoms with van der Waals surface area (Å²) in [4.78, 5) is 34.5. The number of carbonyl (C=O) groups excluding carboxylic acids is 2. The van der Waals surface area contributed by atoms with E-state index >= 15 is 0 Å². The first-order valence-electron chi connectivity index (χ1n) is 10.9. The number of pyridine rings is 1. The van der Waals surface area contributed by atoms with Crippen LogP contribution in [0.4, 0.5) is 4.39 Å². The lowest BCUT2D eigenvalue weighted by molar-refractivity contribution is -0.127. The van der Waals surface area contributed by atoms with Gasteiger partial charge in [-0.1, -0.05) is 35.5 Å². The summed E-state index contributed by atoms with van der Waals surface area (Å²) in [5, 5.41) is 17.3. The molecule has 3 aromatic heterocycles. The van der Waals surface area contributed by atoms with E-state index in [4.69, 9.17) is 0 Å². The van der Waals surface area contributed by atoms with E-state index in [1.807, 2.05) is 30.3 Å². The number of ketones is 1. The van der Waals surface area contributed by atoms with Crippen molar-refractivity contribution in [2.45, 2.75) is 18.8 Å². The van der Waals surface area contributed by atoms with Crippen molar-refractivity contribution in [2.75, 3.05) is 13.1 Å². The van der Waals surface area contributed by atoms with Crippen LogP contribution in [0, 0.1) is 23.1 Å². The minimum Gasteiger partial charge on any atom is -0.357 e. The largest absolute Gasteiger partial charge is 0.357 e. The molecule has 9 nitrogen and oxygen atoms in total. The van der Waals surface area contributed by atoms with E-state index in [9.17, 15) is 19.2 Å². The van der Waals surface area contributed by atoms with Crippen LogP contribution < -0.4 is 0 Å². The number of hydrogen-bond acceptors (Lipinski definition) is 6. The van der Waals surface area contributed by atoms with Crippen molar-refractivity contribution in [1.29, 1.82) is 5.26 Å². The maximum Gasteiger partial charge on any atom is 0.295 e. The molecule has 1 aliphatic rings. The highest BCUT2D eigenvalue weighted by molar-refractivity contribution is 6.45. The number of aromatic nitrogens is 5. The molecule has 1 saturated heterocycles. The Labute approximate surface area is 193 Å². The Balaban J connectivity index is 1.34. The number of likely N-dealkylation sites (tertiary alicyclic amines) is 1. The minimum absolute atomic E-state index is 0.0117. The smallest absolute Gasteiger partial charge is 0.295 e. The van der Waals surface area contributed by atoms with Crippen LogP contribution in [0.5, 0.6) is 0 Å². The summed E-state index contributed by atoms with van der Waals surface area (Å²) in [6.07, 6.45) is 6.52. The zero-order valence-corrected chi connectivity index (χ0v) is 18.1. The van der Waals surface area contributed by atoms with Crippen molar-refractivity contribution in [1.82, 2.24) is 29.9 Å². The summed E-state index contributed by atoms with van der Waals surface area (Å²) in [5.41, 5.74) is 1.15. The van der Waals surface area contributed by atoms with Crippen molar-refractivity contribution in [3.05, 3.63) is 72.1 Å². The normalized spacial score (nSPS) is 15.2. The van der Waals surface area contributed by atoms with Crippen molar-refractivity contribution in [3.8, 4) is 11.9 Å². The number of piperidine rings is 1. The lowest BCUT2D eigenvalue weighted by atomic mass is 9.81. The minimum atomic E-state index is -0.792. The number of nitrogens with zero attached hydrogens (tertiary/aromatic N) is 6. The van der Waals surface area contributed by atoms with E-state index in [2.05, 4.69) is 26.3 Å². The molecule has 1 fully saturated rings. The highest BCUT2D eigenvalue weighted by atomic mass is 19.1. The molecule has 0 bridgehead atoms. The Morgan fingerprint density at radius 3 is 2.65 bits per heavy atom. The molecule has 4 aromatic rings. The molecule has 170 valence electrons. The number of amides is 1. The number of hydrogen-bond donors (Lipinski definition) is 1. The maximum atomic E-state index is 14.7. The van der Waals surface area contributed by atoms with Crippen LogP contribution in [0.2, 0.25) is 0 Å². The van der Waals surface area contributed by atoms with Crippen LogP contribution >= 0.6 is 0 Å². The first-order chi connectivity index (χ1) is 16.6. The van der Waals surface area contributed by atoms with E-state index < -0.39 is 17.5 Å². The van der Waals surface area contributed by atoms with Crippen LogP contribution in [0.3, 0.4) is 0 Å². The summed E-state index contributed by atoms with van der Waals surface area (Å²) in [6, 6.07) is 12.0. The first kappa shape index (κ1) is 21.5. The monoisotopic (exact) mass is 457 g/mol. The van der Waals surface area contributed by atoms with E-state index in [1.54, 1.807) is 6.20 Å². The topological polar surface area (TPSA) is 121 Å². The third kappa shape index (κ3) is 3.71. The van der Waals surface area contributed by atoms with Gasteiger partial charge in [0.05, 0.1) is 47.0 Å². The van der Waals surface area contributed by atoms with Crippen LogP contribution in [-0.2, 0) is 4.79 Å². The van der Waals surface area contributed by atoms with Gasteiger partial charge in [0, 0.05) is 19.3 Å². The average Bonchev–Trinajstić information content (AvgIpc) is 3.56. The Hall–Kier alpha value is -4.39. The molecule has 34 heavy (non-hydrogen) atoms. The number of nitriles is 1. The number of nitrogens with one attached hydrogen (secondary N) is 1. The van der Waals surface area contributed by atoms with E-state index in [0.717, 1.165) is 11.8 Å². The molecule has 1 amide bonds. The molecule has 1 unspecified atom stereocenters. The van der Waals surface area contributed by atoms with Gasteiger partial charge in [-0.15, -0.1) is 5.10 Å². The van der Waals surface area contributed by atoms with Crippen LogP contribution in [0.15, 0.2) is 55.1 Å². The van der Waals surface area contributed by atoms with Crippen LogP contribution in [0.25, 0.3) is 16.7 Å². The Bertz CT molecular complexity index is 1380. The van der Waals surface area contributed by atoms with Gasteiger partial charge in [0.15, 0.2) is 11.6 Å². The number of carbonyl (C=O) groups is 2. The van der Waals surface area contributed by atoms with Crippen molar-refractivity contribution < 1.29 is 14.0 Å². The molecule has 0 saturated carbocycles. The van der Waals surface area contributed by atoms with Gasteiger partial charge in [0.25, 0.3) is 11.7 Å². The second-order valence-electron chi connectivity index (χ2n) is 8.21. The molecule has 1 aromatic carbocycles. The molecular weight excluding hydrogens is 437 g/mol. The Kier molecular flexibility index (Phi) is 5.59. The lowest BCUT2D eigenvalue weighted by Crippen LogP contribution is -2.43. The quantitative estimate of drug-likeness (QED) is 0.363. The predicted molar refractivity (Wildman–Crippen MR) is 119 cm³/mol. The van der Waals surface area contributed by atoms with E-state index in [-0.39, 0.29) is 34.1 Å². The molecule has 4 heterocycles. The van der Waals surface area contributed by atoms with E-state index in [0.29, 0.717) is 25.9 Å². The summed E-state index contributed by atoms with van der Waals surface area (Å²) in [7, 11) is 0. The number of aromatic amines is 1. The summed E-state index contributed by atoms with van der Waals surface area (Å²) in [6.45, 7) is 0.716. The molecule has 1 atom stereocenters. The third-order valence-corrected chi connectivity index (χ3v) is 6.32. The van der Waals surface area contributed by atoms with Crippen molar-refractivity contribution >= 4 is 22.6 Å². The number of rotatable bonds is 5. The van der Waals surface area contributed by atoms with Crippen LogP contribution in [-0.4, -0.2) is 54.6 Å². The number of fused-ring (bicyclic) bond motifs is 1. The number of H-pyrrole nitrogens is 1. The molecule has 0 aliphatic carbocycles. The zero-order chi connectivity index (χ0) is 23.7. The van der Waals surface area contributed by atoms with Crippen LogP contribution in [0.1, 0.15) is 34.7 Å². The van der Waals surface area contributed by atoms with Crippen molar-refractivity contribution in [2.24, 2.45) is 5.92 Å². The molecule has 5 rings (SSSR count). The Morgan fingerprint density at radius 1 is 1.21 bits per heavy atom. The third-order valence-electron chi connectivity index (χ3n) is 6.32. The van der Waals surface area contributed by atoms with Gasteiger partial charge in [-0.25, -0.2) is 14.1 Å².